The molecule has 18 aromatic carbocycles. The lowest BCUT2D eigenvalue weighted by molar-refractivity contribution is 0.475. The smallest absolute Gasteiger partial charge is 0.123 e. The van der Waals surface area contributed by atoms with Crippen molar-refractivity contribution in [3.8, 4) is 22.3 Å². The number of para-hydroxylation sites is 6. The lowest BCUT2D eigenvalue weighted by atomic mass is 9.69. The van der Waals surface area contributed by atoms with Crippen LogP contribution in [-0.4, -0.2) is 0 Å². The summed E-state index contributed by atoms with van der Waals surface area (Å²) in [6.45, 7) is 9.44. The average molecular weight is 1370 g/mol. The molecule has 0 bridgehead atoms. The molecule has 1 aliphatic rings. The lowest BCUT2D eigenvalue weighted by Gasteiger charge is -2.35. The Morgan fingerprint density at radius 2 is 0.613 bits per heavy atom. The van der Waals surface area contributed by atoms with Crippen LogP contribution in [0.1, 0.15) is 56.7 Å². The van der Waals surface area contributed by atoms with E-state index in [1.54, 1.807) is 0 Å². The largest absolute Gasteiger partial charge is 0.311 e. The van der Waals surface area contributed by atoms with Gasteiger partial charge in [0.2, 0.25) is 0 Å². The van der Waals surface area contributed by atoms with Crippen LogP contribution in [0, 0.1) is 11.6 Å². The van der Waals surface area contributed by atoms with Gasteiger partial charge in [-0.15, -0.1) is 0 Å². The maximum Gasteiger partial charge on any atom is 0.123 e. The molecule has 0 fully saturated rings. The van der Waals surface area contributed by atoms with Crippen LogP contribution >= 0.6 is 0 Å². The van der Waals surface area contributed by atoms with E-state index >= 15 is 0 Å². The van der Waals surface area contributed by atoms with Crippen molar-refractivity contribution in [1.29, 1.82) is 0 Å². The highest BCUT2D eigenvalue weighted by molar-refractivity contribution is 6.31. The molecular formula is C100H76F2N4. The summed E-state index contributed by atoms with van der Waals surface area (Å²) >= 11 is 0. The van der Waals surface area contributed by atoms with Crippen LogP contribution in [0.25, 0.3) is 86.9 Å². The summed E-state index contributed by atoms with van der Waals surface area (Å²) in [5, 5.41) is 15.5. The van der Waals surface area contributed by atoms with Crippen molar-refractivity contribution in [1.82, 2.24) is 0 Å². The van der Waals surface area contributed by atoms with E-state index in [1.807, 2.05) is 60.7 Å². The molecule has 0 N–H and O–H groups in total. The second kappa shape index (κ2) is 27.0. The van der Waals surface area contributed by atoms with E-state index in [1.165, 1.54) is 134 Å². The Morgan fingerprint density at radius 1 is 0.283 bits per heavy atom. The normalized spacial score (nSPS) is 12.5. The third-order valence-electron chi connectivity index (χ3n) is 21.7. The Kier molecular flexibility index (Phi) is 16.6. The minimum Gasteiger partial charge on any atom is -0.311 e. The standard InChI is InChI=1S/C60H48F2N2.C40H28N2/c1-38(2)52-36-54(40-17-25-47(26-18-40)64(45-13-9-6-10-14-45)49-29-21-43(62)22-30-49)55-37-56-57-41(33-34-60(56,3)4)35-53(51-32-31-50(52)58(55)59(51)57)39-15-23-46(24-16-39)63(44-11-7-5-8-12-44)48-27-19-42(61)20-28-48;1-5-13-31(14-6-1)41(32-15-7-2-8-16-32)37-27-23-29-22-26-36-38(28-24-30-21-25-35(37)39(29)40(30)36)42(33-17-9-3-10-18-33)34-19-11-4-12-20-34/h5-32,35-38H,33-34H2,1-4H3;1-28H. The molecule has 0 atom stereocenters. The van der Waals surface area contributed by atoms with Gasteiger partial charge in [-0.05, 0) is 293 Å². The van der Waals surface area contributed by atoms with E-state index in [2.05, 4.69) is 320 Å². The molecule has 6 heteroatoms. The first kappa shape index (κ1) is 65.1. The first-order valence-electron chi connectivity index (χ1n) is 36.7. The predicted molar refractivity (Wildman–Crippen MR) is 445 cm³/mol. The van der Waals surface area contributed by atoms with Crippen LogP contribution in [0.5, 0.6) is 0 Å². The third kappa shape index (κ3) is 11.6. The Hall–Kier alpha value is -12.9. The van der Waals surface area contributed by atoms with E-state index in [-0.39, 0.29) is 17.0 Å². The summed E-state index contributed by atoms with van der Waals surface area (Å²) in [4.78, 5) is 9.09. The first-order chi connectivity index (χ1) is 52.0. The van der Waals surface area contributed by atoms with Gasteiger partial charge in [0.05, 0.1) is 11.4 Å². The fourth-order valence-corrected chi connectivity index (χ4v) is 16.6. The predicted octanol–water partition coefficient (Wildman–Crippen LogP) is 29.0. The topological polar surface area (TPSA) is 13.0 Å². The summed E-state index contributed by atoms with van der Waals surface area (Å²) in [6.07, 6.45) is 2.08. The molecule has 510 valence electrons. The number of benzene rings is 18. The monoisotopic (exact) mass is 1370 g/mol. The molecule has 0 unspecified atom stereocenters. The first-order valence-corrected chi connectivity index (χ1v) is 36.7. The Bertz CT molecular complexity index is 5940. The van der Waals surface area contributed by atoms with Crippen LogP contribution in [-0.2, 0) is 11.8 Å². The number of rotatable bonds is 15. The molecule has 0 amide bonds. The van der Waals surface area contributed by atoms with Crippen molar-refractivity contribution in [3.63, 3.8) is 0 Å². The zero-order valence-corrected chi connectivity index (χ0v) is 59.6. The van der Waals surface area contributed by atoms with Crippen molar-refractivity contribution >= 4 is 133 Å². The van der Waals surface area contributed by atoms with Gasteiger partial charge in [0.25, 0.3) is 0 Å². The van der Waals surface area contributed by atoms with Gasteiger partial charge in [0.1, 0.15) is 11.6 Å². The number of halogens is 2. The van der Waals surface area contributed by atoms with Gasteiger partial charge in [-0.1, -0.05) is 210 Å². The van der Waals surface area contributed by atoms with Crippen molar-refractivity contribution in [3.05, 3.63) is 386 Å². The molecule has 106 heavy (non-hydrogen) atoms. The Balaban J connectivity index is 0.000000164. The number of aryl methyl sites for hydroxylation is 1. The fraction of sp³-hybridized carbons (Fsp3) is 0.0800. The SMILES string of the molecule is CC(C)c1cc(-c2ccc(N(c3ccccc3)c3ccc(F)cc3)cc2)c2cc3c4c(cc(-c5ccc(N(c6ccccc6)c6ccc(F)cc6)cc5)c5ccc1c2c54)CCC3(C)C.c1ccc(N(c2ccccc2)c2ccc3ccc4c(N(c5ccccc5)c5ccccc5)ccc5ccc2c3c54)cc1. The second-order valence-corrected chi connectivity index (χ2v) is 28.9. The van der Waals surface area contributed by atoms with Crippen LogP contribution in [0.3, 0.4) is 0 Å². The maximum atomic E-state index is 14.1. The zero-order valence-electron chi connectivity index (χ0n) is 59.6. The highest BCUT2D eigenvalue weighted by Crippen LogP contribution is 2.54. The molecule has 0 spiro atoms. The van der Waals surface area contributed by atoms with E-state index < -0.39 is 0 Å². The molecule has 4 nitrogen and oxygen atoms in total. The Labute approximate surface area is 617 Å². The van der Waals surface area contributed by atoms with Gasteiger partial charge in [-0.25, -0.2) is 8.78 Å². The van der Waals surface area contributed by atoms with Crippen LogP contribution in [0.4, 0.5) is 77.0 Å². The van der Waals surface area contributed by atoms with Gasteiger partial charge in [-0.2, -0.15) is 0 Å². The van der Waals surface area contributed by atoms with Gasteiger partial charge in [0.15, 0.2) is 0 Å². The summed E-state index contributed by atoms with van der Waals surface area (Å²) in [5.41, 5.74) is 21.7. The summed E-state index contributed by atoms with van der Waals surface area (Å²) < 4.78 is 28.2. The average Bonchev–Trinajstić information content (AvgIpc) is 0.692. The van der Waals surface area contributed by atoms with Gasteiger partial charge < -0.3 is 19.6 Å². The van der Waals surface area contributed by atoms with Crippen molar-refractivity contribution < 1.29 is 8.78 Å². The molecule has 0 heterocycles. The highest BCUT2D eigenvalue weighted by atomic mass is 19.1. The molecule has 0 aromatic heterocycles. The van der Waals surface area contributed by atoms with E-state index in [0.717, 1.165) is 75.3 Å². The number of nitrogens with zero attached hydrogens (tertiary/aromatic N) is 4. The molecule has 0 aliphatic heterocycles. The molecule has 0 radical (unpaired) electrons. The summed E-state index contributed by atoms with van der Waals surface area (Å²) in [7, 11) is 0. The molecule has 1 aliphatic carbocycles. The van der Waals surface area contributed by atoms with Gasteiger partial charge in [-0.3, -0.25) is 0 Å². The van der Waals surface area contributed by atoms with Crippen molar-refractivity contribution in [2.24, 2.45) is 0 Å². The summed E-state index contributed by atoms with van der Waals surface area (Å²) in [6, 6.07) is 125. The molecule has 18 aromatic rings. The fourth-order valence-electron chi connectivity index (χ4n) is 16.6. The molecule has 19 rings (SSSR count). The lowest BCUT2D eigenvalue weighted by Crippen LogP contribution is -2.23. The van der Waals surface area contributed by atoms with E-state index in [0.29, 0.717) is 5.92 Å². The number of hydrogen-bond acceptors (Lipinski definition) is 4. The van der Waals surface area contributed by atoms with Gasteiger partial charge >= 0.3 is 0 Å². The molecular weight excluding hydrogens is 1300 g/mol. The summed E-state index contributed by atoms with van der Waals surface area (Å²) in [5.74, 6) is -0.204. The van der Waals surface area contributed by atoms with Crippen molar-refractivity contribution in [2.45, 2.75) is 51.9 Å². The van der Waals surface area contributed by atoms with Crippen LogP contribution in [0.2, 0.25) is 0 Å². The quantitative estimate of drug-likeness (QED) is 0.0949. The van der Waals surface area contributed by atoms with E-state index in [9.17, 15) is 8.78 Å². The van der Waals surface area contributed by atoms with Gasteiger partial charge in [0, 0.05) is 67.6 Å². The van der Waals surface area contributed by atoms with Crippen LogP contribution in [0.15, 0.2) is 358 Å². The Morgan fingerprint density at radius 3 is 1.00 bits per heavy atom. The minimum atomic E-state index is -0.255. The highest BCUT2D eigenvalue weighted by Gasteiger charge is 2.33. The van der Waals surface area contributed by atoms with Crippen LogP contribution < -0.4 is 19.6 Å². The second-order valence-electron chi connectivity index (χ2n) is 28.9. The van der Waals surface area contributed by atoms with Crippen molar-refractivity contribution in [2.75, 3.05) is 19.6 Å². The molecule has 0 saturated heterocycles. The zero-order chi connectivity index (χ0) is 71.6. The van der Waals surface area contributed by atoms with E-state index in [4.69, 9.17) is 0 Å². The number of hydrogen-bond donors (Lipinski definition) is 0. The minimum absolute atomic E-state index is 0.00656. The maximum absolute atomic E-state index is 14.1. The third-order valence-corrected chi connectivity index (χ3v) is 21.7. The molecule has 0 saturated carbocycles. The number of anilines is 12.